The molecule has 11 heteroatoms. The fourth-order valence-corrected chi connectivity index (χ4v) is 3.11. The molecule has 0 bridgehead atoms. The number of carbonyl (C=O) groups excluding carboxylic acids is 2. The number of nitrogens with one attached hydrogen (secondary N) is 3. The van der Waals surface area contributed by atoms with Crippen LogP contribution in [0.5, 0.6) is 11.5 Å². The zero-order valence-corrected chi connectivity index (χ0v) is 20.1. The maximum atomic E-state index is 12.8. The topological polar surface area (TPSA) is 131 Å². The summed E-state index contributed by atoms with van der Waals surface area (Å²) in [5.41, 5.74) is 2.06. The van der Waals surface area contributed by atoms with Gasteiger partial charge in [0.25, 0.3) is 5.91 Å². The van der Waals surface area contributed by atoms with E-state index in [1.165, 1.54) is 31.1 Å². The van der Waals surface area contributed by atoms with Gasteiger partial charge in [-0.05, 0) is 48.0 Å². The molecule has 4 aromatic rings. The summed E-state index contributed by atoms with van der Waals surface area (Å²) in [5, 5.41) is 13.0. The Morgan fingerprint density at radius 2 is 1.86 bits per heavy atom. The van der Waals surface area contributed by atoms with E-state index in [1.807, 2.05) is 12.1 Å². The second kappa shape index (κ2) is 12.7. The minimum atomic E-state index is -0.445. The van der Waals surface area contributed by atoms with Crippen molar-refractivity contribution in [3.8, 4) is 11.5 Å². The third-order valence-corrected chi connectivity index (χ3v) is 5.02. The van der Waals surface area contributed by atoms with E-state index in [1.54, 1.807) is 48.5 Å². The van der Waals surface area contributed by atoms with Crippen molar-refractivity contribution < 1.29 is 18.8 Å². The maximum Gasteiger partial charge on any atom is 0.274 e. The lowest BCUT2D eigenvalue weighted by molar-refractivity contribution is -0.115. The van der Waals surface area contributed by atoms with Crippen LogP contribution in [0.2, 0.25) is 5.02 Å². The summed E-state index contributed by atoms with van der Waals surface area (Å²) < 4.78 is 10.5. The first-order valence-electron chi connectivity index (χ1n) is 11.0. The minimum Gasteiger partial charge on any atom is -0.457 e. The molecule has 2 aromatic carbocycles. The van der Waals surface area contributed by atoms with Gasteiger partial charge in [0.2, 0.25) is 0 Å². The molecule has 2 aromatic heterocycles. The highest BCUT2D eigenvalue weighted by Gasteiger charge is 2.10. The smallest absolute Gasteiger partial charge is 0.274 e. The number of nitrogens with zero attached hydrogens (tertiary/aromatic N) is 3. The fourth-order valence-electron chi connectivity index (χ4n) is 2.98. The van der Waals surface area contributed by atoms with Gasteiger partial charge in [-0.25, -0.2) is 4.99 Å². The summed E-state index contributed by atoms with van der Waals surface area (Å²) in [6, 6.07) is 19.0. The van der Waals surface area contributed by atoms with Crippen LogP contribution in [0.3, 0.4) is 0 Å². The monoisotopic (exact) mass is 516 g/mol. The Kier molecular flexibility index (Phi) is 8.60. The van der Waals surface area contributed by atoms with Gasteiger partial charge < -0.3 is 25.2 Å². The summed E-state index contributed by atoms with van der Waals surface area (Å²) in [7, 11) is 0. The number of aromatic nitrogens is 2. The zero-order chi connectivity index (χ0) is 25.9. The van der Waals surface area contributed by atoms with Gasteiger partial charge in [-0.15, -0.1) is 0 Å². The number of benzene rings is 2. The normalized spacial score (nSPS) is 11.2. The van der Waals surface area contributed by atoms with Crippen LogP contribution in [0.1, 0.15) is 16.1 Å². The summed E-state index contributed by atoms with van der Waals surface area (Å²) in [4.78, 5) is 31.8. The van der Waals surface area contributed by atoms with Crippen LogP contribution >= 0.6 is 11.6 Å². The molecule has 0 saturated carbocycles. The molecule has 2 heterocycles. The van der Waals surface area contributed by atoms with Gasteiger partial charge in [0, 0.05) is 36.1 Å². The maximum absolute atomic E-state index is 12.8. The van der Waals surface area contributed by atoms with Crippen molar-refractivity contribution in [2.24, 2.45) is 4.99 Å². The molecule has 186 valence electrons. The molecule has 10 nitrogen and oxygen atoms in total. The molecule has 0 spiro atoms. The molecule has 0 aliphatic carbocycles. The molecule has 4 rings (SSSR count). The van der Waals surface area contributed by atoms with Crippen LogP contribution in [0.25, 0.3) is 0 Å². The van der Waals surface area contributed by atoms with E-state index in [9.17, 15) is 9.59 Å². The second-order valence-corrected chi connectivity index (χ2v) is 7.87. The minimum absolute atomic E-state index is 0.199. The van der Waals surface area contributed by atoms with Crippen LogP contribution in [0.4, 0.5) is 11.5 Å². The SMILES string of the molecule is O=Cc1cc(Oc2ccc(N=CNC(=O)/C(=C\NCc3ccc(Cl)cc3)Nc3ccon3)cc2)ccn1. The van der Waals surface area contributed by atoms with Gasteiger partial charge in [-0.2, -0.15) is 0 Å². The molecule has 0 unspecified atom stereocenters. The van der Waals surface area contributed by atoms with Crippen LogP contribution in [-0.4, -0.2) is 28.7 Å². The predicted molar refractivity (Wildman–Crippen MR) is 139 cm³/mol. The Hall–Kier alpha value is -4.96. The van der Waals surface area contributed by atoms with E-state index in [2.05, 4.69) is 31.1 Å². The summed E-state index contributed by atoms with van der Waals surface area (Å²) >= 11 is 5.92. The van der Waals surface area contributed by atoms with Crippen molar-refractivity contribution >= 4 is 41.6 Å². The molecule has 1 amide bonds. The predicted octanol–water partition coefficient (Wildman–Crippen LogP) is 4.85. The van der Waals surface area contributed by atoms with Crippen LogP contribution in [-0.2, 0) is 11.3 Å². The third kappa shape index (κ3) is 7.77. The number of carbonyl (C=O) groups is 2. The van der Waals surface area contributed by atoms with Gasteiger partial charge in [0.15, 0.2) is 12.1 Å². The highest BCUT2D eigenvalue weighted by atomic mass is 35.5. The van der Waals surface area contributed by atoms with Crippen molar-refractivity contribution in [3.05, 3.63) is 107 Å². The van der Waals surface area contributed by atoms with E-state index in [-0.39, 0.29) is 11.4 Å². The van der Waals surface area contributed by atoms with E-state index in [4.69, 9.17) is 20.9 Å². The Bertz CT molecular complexity index is 1390. The number of halogens is 1. The Balaban J connectivity index is 1.35. The second-order valence-electron chi connectivity index (χ2n) is 7.44. The number of ether oxygens (including phenoxy) is 1. The Labute approximate surface area is 217 Å². The summed E-state index contributed by atoms with van der Waals surface area (Å²) in [6.45, 7) is 0.479. The first-order valence-corrected chi connectivity index (χ1v) is 11.3. The lowest BCUT2D eigenvalue weighted by Crippen LogP contribution is -2.28. The van der Waals surface area contributed by atoms with E-state index in [0.717, 1.165) is 5.56 Å². The number of pyridine rings is 1. The van der Waals surface area contributed by atoms with Gasteiger partial charge >= 0.3 is 0 Å². The first kappa shape index (κ1) is 25.1. The standard InChI is InChI=1S/C26H21ClN6O4/c27-19-3-1-18(2-4-19)14-28-15-24(32-25-10-12-36-33-25)26(35)31-17-30-20-5-7-22(8-6-20)37-23-9-11-29-21(13-23)16-34/h1-13,15-17,28H,14H2,(H,32,33)(H,30,31,35)/b24-15+. The number of hydrogen-bond donors (Lipinski definition) is 3. The molecule has 37 heavy (non-hydrogen) atoms. The summed E-state index contributed by atoms with van der Waals surface area (Å²) in [6.07, 6.45) is 6.36. The van der Waals surface area contributed by atoms with Gasteiger partial charge in [0.1, 0.15) is 29.2 Å². The van der Waals surface area contributed by atoms with Crippen LogP contribution < -0.4 is 20.7 Å². The highest BCUT2D eigenvalue weighted by molar-refractivity contribution is 6.30. The number of anilines is 1. The number of rotatable bonds is 11. The van der Waals surface area contributed by atoms with Crippen molar-refractivity contribution in [1.29, 1.82) is 0 Å². The zero-order valence-electron chi connectivity index (χ0n) is 19.3. The molecular weight excluding hydrogens is 496 g/mol. The van der Waals surface area contributed by atoms with E-state index >= 15 is 0 Å². The van der Waals surface area contributed by atoms with Gasteiger partial charge in [0.05, 0.1) is 12.0 Å². The quantitative estimate of drug-likeness (QED) is 0.112. The lowest BCUT2D eigenvalue weighted by atomic mass is 10.2. The number of aliphatic imine (C=N–C) groups is 1. The Morgan fingerprint density at radius 3 is 2.59 bits per heavy atom. The molecule has 0 aliphatic heterocycles. The van der Waals surface area contributed by atoms with Crippen molar-refractivity contribution in [1.82, 2.24) is 20.8 Å². The average Bonchev–Trinajstić information content (AvgIpc) is 3.43. The van der Waals surface area contributed by atoms with Crippen LogP contribution in [0.15, 0.2) is 101 Å². The number of aldehydes is 1. The fraction of sp³-hybridized carbons (Fsp3) is 0.0385. The molecule has 0 aliphatic rings. The van der Waals surface area contributed by atoms with Crippen LogP contribution in [0, 0.1) is 0 Å². The van der Waals surface area contributed by atoms with Gasteiger partial charge in [-0.3, -0.25) is 14.6 Å². The third-order valence-electron chi connectivity index (χ3n) is 4.77. The largest absolute Gasteiger partial charge is 0.457 e. The Morgan fingerprint density at radius 1 is 1.05 bits per heavy atom. The van der Waals surface area contributed by atoms with Crippen molar-refractivity contribution in [3.63, 3.8) is 0 Å². The molecule has 0 atom stereocenters. The van der Waals surface area contributed by atoms with Crippen molar-refractivity contribution in [2.75, 3.05) is 5.32 Å². The summed E-state index contributed by atoms with van der Waals surface area (Å²) in [5.74, 6) is 0.972. The van der Waals surface area contributed by atoms with E-state index < -0.39 is 5.91 Å². The highest BCUT2D eigenvalue weighted by Crippen LogP contribution is 2.23. The molecule has 0 saturated heterocycles. The number of amides is 1. The average molecular weight is 517 g/mol. The molecule has 3 N–H and O–H groups in total. The number of hydrogen-bond acceptors (Lipinski definition) is 9. The molecular formula is C26H21ClN6O4. The lowest BCUT2D eigenvalue weighted by Gasteiger charge is -2.09. The first-order chi connectivity index (χ1) is 18.1. The van der Waals surface area contributed by atoms with Crippen molar-refractivity contribution in [2.45, 2.75) is 6.54 Å². The van der Waals surface area contributed by atoms with Gasteiger partial charge in [-0.1, -0.05) is 28.9 Å². The molecule has 0 fully saturated rings. The molecule has 0 radical (unpaired) electrons. The van der Waals surface area contributed by atoms with E-state index in [0.29, 0.717) is 40.9 Å².